The summed E-state index contributed by atoms with van der Waals surface area (Å²) in [6.07, 6.45) is 1.20. The predicted molar refractivity (Wildman–Crippen MR) is 92.7 cm³/mol. The van der Waals surface area contributed by atoms with Gasteiger partial charge in [0.25, 0.3) is 0 Å². The molecule has 1 fully saturated rings. The minimum absolute atomic E-state index is 0.254. The van der Waals surface area contributed by atoms with Gasteiger partial charge in [-0.2, -0.15) is 5.10 Å². The summed E-state index contributed by atoms with van der Waals surface area (Å²) in [5.41, 5.74) is 0.0658. The molecule has 0 saturated carbocycles. The normalized spacial score (nSPS) is 20.1. The summed E-state index contributed by atoms with van der Waals surface area (Å²) in [6, 6.07) is -0.516. The summed E-state index contributed by atoms with van der Waals surface area (Å²) in [5, 5.41) is 15.2. The molecular formula is C16H26BrN3O4. The molecule has 7 nitrogen and oxygen atoms in total. The number of morpholine rings is 1. The van der Waals surface area contributed by atoms with Gasteiger partial charge in [0.05, 0.1) is 35.6 Å². The molecule has 1 saturated heterocycles. The third kappa shape index (κ3) is 4.49. The molecule has 0 spiro atoms. The lowest BCUT2D eigenvalue weighted by Crippen LogP contribution is -2.53. The number of aliphatic hydroxyl groups excluding tert-OH is 1. The average Bonchev–Trinajstić information content (AvgIpc) is 2.86. The number of aliphatic hydroxyl groups is 1. The summed E-state index contributed by atoms with van der Waals surface area (Å²) < 4.78 is 13.4. The van der Waals surface area contributed by atoms with Crippen molar-refractivity contribution in [1.29, 1.82) is 0 Å². The van der Waals surface area contributed by atoms with E-state index in [2.05, 4.69) is 21.0 Å². The van der Waals surface area contributed by atoms with Crippen LogP contribution in [0.3, 0.4) is 0 Å². The van der Waals surface area contributed by atoms with Gasteiger partial charge in [0.1, 0.15) is 11.7 Å². The molecule has 1 N–H and O–H groups in total. The van der Waals surface area contributed by atoms with Crippen molar-refractivity contribution in [3.05, 3.63) is 16.4 Å². The summed E-state index contributed by atoms with van der Waals surface area (Å²) in [4.78, 5) is 14.0. The summed E-state index contributed by atoms with van der Waals surface area (Å²) >= 11 is 3.44. The molecule has 2 heterocycles. The third-order valence-corrected chi connectivity index (χ3v) is 4.32. The van der Waals surface area contributed by atoms with Crippen molar-refractivity contribution in [2.75, 3.05) is 19.8 Å². The minimum Gasteiger partial charge on any atom is -0.444 e. The zero-order valence-electron chi connectivity index (χ0n) is 14.7. The maximum atomic E-state index is 12.5. The third-order valence-electron chi connectivity index (χ3n) is 3.71. The maximum absolute atomic E-state index is 12.5. The lowest BCUT2D eigenvalue weighted by Gasteiger charge is -2.38. The molecule has 0 aliphatic carbocycles. The van der Waals surface area contributed by atoms with Crippen molar-refractivity contribution in [2.45, 2.75) is 58.4 Å². The van der Waals surface area contributed by atoms with Crippen molar-refractivity contribution in [2.24, 2.45) is 0 Å². The minimum atomic E-state index is -0.916. The van der Waals surface area contributed by atoms with Gasteiger partial charge in [0.15, 0.2) is 0 Å². The standard InChI is InChI=1S/C16H26BrN3O4/c1-5-6-20-13(11(17)9-18-20)14(21)12-10-23-8-7-19(12)15(22)24-16(2,3)4/h9,12,14,21H,5-8,10H2,1-4H3. The van der Waals surface area contributed by atoms with Crippen molar-refractivity contribution < 1.29 is 19.4 Å². The molecular weight excluding hydrogens is 378 g/mol. The molecule has 1 amide bonds. The van der Waals surface area contributed by atoms with E-state index in [4.69, 9.17) is 9.47 Å². The van der Waals surface area contributed by atoms with Crippen LogP contribution in [0.5, 0.6) is 0 Å². The van der Waals surface area contributed by atoms with E-state index in [0.29, 0.717) is 25.4 Å². The van der Waals surface area contributed by atoms with Crippen molar-refractivity contribution in [3.63, 3.8) is 0 Å². The van der Waals surface area contributed by atoms with Gasteiger partial charge in [0.2, 0.25) is 0 Å². The van der Waals surface area contributed by atoms with Crippen molar-refractivity contribution in [3.8, 4) is 0 Å². The van der Waals surface area contributed by atoms with Gasteiger partial charge in [0, 0.05) is 13.1 Å². The first kappa shape index (κ1) is 19.2. The number of carbonyl (C=O) groups excluding carboxylic acids is 1. The number of aryl methyl sites for hydroxylation is 1. The Kier molecular flexibility index (Phi) is 6.28. The van der Waals surface area contributed by atoms with E-state index < -0.39 is 23.8 Å². The molecule has 1 aliphatic heterocycles. The van der Waals surface area contributed by atoms with E-state index in [1.807, 2.05) is 27.7 Å². The lowest BCUT2D eigenvalue weighted by molar-refractivity contribution is -0.0691. The maximum Gasteiger partial charge on any atom is 0.410 e. The Bertz CT molecular complexity index is 570. The number of carbonyl (C=O) groups is 1. The molecule has 24 heavy (non-hydrogen) atoms. The Morgan fingerprint density at radius 3 is 2.92 bits per heavy atom. The molecule has 8 heteroatoms. The predicted octanol–water partition coefficient (Wildman–Crippen LogP) is 2.72. The van der Waals surface area contributed by atoms with E-state index in [-0.39, 0.29) is 6.61 Å². The number of amides is 1. The Morgan fingerprint density at radius 1 is 1.58 bits per heavy atom. The van der Waals surface area contributed by atoms with Crippen LogP contribution < -0.4 is 0 Å². The van der Waals surface area contributed by atoms with Crippen LogP contribution in [0.1, 0.15) is 45.9 Å². The molecule has 1 aromatic heterocycles. The summed E-state index contributed by atoms with van der Waals surface area (Å²) in [6.45, 7) is 9.27. The largest absolute Gasteiger partial charge is 0.444 e. The van der Waals surface area contributed by atoms with Gasteiger partial charge in [-0.25, -0.2) is 4.79 Å². The fraction of sp³-hybridized carbons (Fsp3) is 0.750. The summed E-state index contributed by atoms with van der Waals surface area (Å²) in [5.74, 6) is 0. The quantitative estimate of drug-likeness (QED) is 0.835. The Balaban J connectivity index is 2.23. The number of halogens is 1. The molecule has 136 valence electrons. The van der Waals surface area contributed by atoms with Gasteiger partial charge < -0.3 is 14.6 Å². The smallest absolute Gasteiger partial charge is 0.410 e. The molecule has 1 aliphatic rings. The van der Waals surface area contributed by atoms with Crippen molar-refractivity contribution in [1.82, 2.24) is 14.7 Å². The molecule has 1 aromatic rings. The number of aromatic nitrogens is 2. The van der Waals surface area contributed by atoms with E-state index in [9.17, 15) is 9.90 Å². The van der Waals surface area contributed by atoms with Gasteiger partial charge in [-0.05, 0) is 43.1 Å². The van der Waals surface area contributed by atoms with E-state index in [1.54, 1.807) is 15.8 Å². The molecule has 0 radical (unpaired) electrons. The monoisotopic (exact) mass is 403 g/mol. The molecule has 2 rings (SSSR count). The summed E-state index contributed by atoms with van der Waals surface area (Å²) in [7, 11) is 0. The second kappa shape index (κ2) is 7.84. The highest BCUT2D eigenvalue weighted by atomic mass is 79.9. The molecule has 0 bridgehead atoms. The van der Waals surface area contributed by atoms with Gasteiger partial charge in [-0.3, -0.25) is 9.58 Å². The Hall–Kier alpha value is -1.12. The number of hydrogen-bond donors (Lipinski definition) is 1. The van der Waals surface area contributed by atoms with E-state index >= 15 is 0 Å². The zero-order valence-corrected chi connectivity index (χ0v) is 16.2. The highest BCUT2D eigenvalue weighted by molar-refractivity contribution is 9.10. The highest BCUT2D eigenvalue weighted by Crippen LogP contribution is 2.30. The molecule has 0 aromatic carbocycles. The number of nitrogens with zero attached hydrogens (tertiary/aromatic N) is 3. The van der Waals surface area contributed by atoms with Crippen LogP contribution in [0.2, 0.25) is 0 Å². The average molecular weight is 404 g/mol. The van der Waals surface area contributed by atoms with E-state index in [0.717, 1.165) is 10.9 Å². The molecule has 2 atom stereocenters. The van der Waals surface area contributed by atoms with Gasteiger partial charge in [-0.15, -0.1) is 0 Å². The number of ether oxygens (including phenoxy) is 2. The fourth-order valence-corrected chi connectivity index (χ4v) is 3.20. The molecule has 2 unspecified atom stereocenters. The lowest BCUT2D eigenvalue weighted by atomic mass is 10.1. The second-order valence-corrected chi connectivity index (χ2v) is 7.72. The van der Waals surface area contributed by atoms with Crippen LogP contribution in [-0.2, 0) is 16.0 Å². The van der Waals surface area contributed by atoms with Gasteiger partial charge >= 0.3 is 6.09 Å². The van der Waals surface area contributed by atoms with Gasteiger partial charge in [-0.1, -0.05) is 6.92 Å². The van der Waals surface area contributed by atoms with Crippen LogP contribution in [0.4, 0.5) is 4.79 Å². The van der Waals surface area contributed by atoms with E-state index in [1.165, 1.54) is 0 Å². The van der Waals surface area contributed by atoms with Crippen molar-refractivity contribution >= 4 is 22.0 Å². The topological polar surface area (TPSA) is 76.8 Å². The van der Waals surface area contributed by atoms with Crippen LogP contribution in [0.25, 0.3) is 0 Å². The van der Waals surface area contributed by atoms with Crippen LogP contribution in [0.15, 0.2) is 10.7 Å². The SMILES string of the molecule is CCCn1ncc(Br)c1C(O)C1COCCN1C(=O)OC(C)(C)C. The zero-order chi connectivity index (χ0) is 17.9. The first-order chi connectivity index (χ1) is 11.2. The first-order valence-corrected chi connectivity index (χ1v) is 9.00. The number of rotatable bonds is 4. The highest BCUT2D eigenvalue weighted by Gasteiger charge is 2.38. The van der Waals surface area contributed by atoms with Crippen LogP contribution in [-0.4, -0.2) is 57.3 Å². The van der Waals surface area contributed by atoms with Crippen LogP contribution in [0, 0.1) is 0 Å². The number of hydrogen-bond acceptors (Lipinski definition) is 5. The first-order valence-electron chi connectivity index (χ1n) is 8.21. The van der Waals surface area contributed by atoms with Crippen LogP contribution >= 0.6 is 15.9 Å². The Labute approximate surface area is 151 Å². The fourth-order valence-electron chi connectivity index (χ4n) is 2.67. The second-order valence-electron chi connectivity index (χ2n) is 6.86. The Morgan fingerprint density at radius 2 is 2.29 bits per heavy atom.